The van der Waals surface area contributed by atoms with Crippen LogP contribution in [0.1, 0.15) is 10.4 Å². The minimum atomic E-state index is -0.625. The van der Waals surface area contributed by atoms with E-state index in [1.807, 2.05) is 6.07 Å². The number of esters is 1. The highest BCUT2D eigenvalue weighted by Gasteiger charge is 2.15. The summed E-state index contributed by atoms with van der Waals surface area (Å²) in [6.07, 6.45) is 1.61. The Labute approximate surface area is 107 Å². The number of carbonyl (C=O) groups is 1. The lowest BCUT2D eigenvalue weighted by Gasteiger charge is -2.05. The molecule has 4 nitrogen and oxygen atoms in total. The maximum Gasteiger partial charge on any atom is 0.345 e. The van der Waals surface area contributed by atoms with Crippen LogP contribution in [0.25, 0.3) is 10.9 Å². The lowest BCUT2D eigenvalue weighted by atomic mass is 10.1. The highest BCUT2D eigenvalue weighted by molar-refractivity contribution is 6.03. The van der Waals surface area contributed by atoms with Crippen molar-refractivity contribution in [3.8, 4) is 5.75 Å². The van der Waals surface area contributed by atoms with Crippen molar-refractivity contribution >= 4 is 16.9 Å². The molecule has 0 atom stereocenters. The highest BCUT2D eigenvalue weighted by Crippen LogP contribution is 2.20. The normalized spacial score (nSPS) is 10.6. The fraction of sp³-hybridized carbons (Fsp3) is 0. The van der Waals surface area contributed by atoms with E-state index in [-0.39, 0.29) is 5.75 Å². The average Bonchev–Trinajstić information content (AvgIpc) is 2.89. The van der Waals surface area contributed by atoms with Crippen molar-refractivity contribution in [2.24, 2.45) is 0 Å². The largest absolute Gasteiger partial charge is 0.420 e. The highest BCUT2D eigenvalue weighted by atomic mass is 19.1. The number of para-hydroxylation sites is 2. The van der Waals surface area contributed by atoms with Crippen molar-refractivity contribution in [3.05, 3.63) is 60.0 Å². The van der Waals surface area contributed by atoms with Gasteiger partial charge in [0.1, 0.15) is 0 Å². The number of fused-ring (bicyclic) bond motifs is 1. The first-order valence-electron chi connectivity index (χ1n) is 5.64. The Morgan fingerprint density at radius 3 is 2.84 bits per heavy atom. The molecule has 0 radical (unpaired) electrons. The number of benzene rings is 2. The summed E-state index contributed by atoms with van der Waals surface area (Å²) in [6, 6.07) is 10.9. The van der Waals surface area contributed by atoms with Gasteiger partial charge in [-0.2, -0.15) is 5.10 Å². The standard InChI is InChI=1S/C14H9FN2O2/c15-11-6-1-2-7-12(11)19-14(18)10-5-3-4-9-8-16-17-13(9)10/h1-8H,(H,16,17). The molecular weight excluding hydrogens is 247 g/mol. The monoisotopic (exact) mass is 256 g/mol. The Bertz CT molecular complexity index is 752. The molecule has 0 spiro atoms. The van der Waals surface area contributed by atoms with Crippen LogP contribution in [0.4, 0.5) is 4.39 Å². The smallest absolute Gasteiger partial charge is 0.345 e. The number of aromatic nitrogens is 2. The molecule has 0 aliphatic heterocycles. The van der Waals surface area contributed by atoms with Gasteiger partial charge in [0, 0.05) is 5.39 Å². The fourth-order valence-corrected chi connectivity index (χ4v) is 1.82. The van der Waals surface area contributed by atoms with Crippen LogP contribution in [-0.2, 0) is 0 Å². The van der Waals surface area contributed by atoms with Crippen LogP contribution in [0, 0.1) is 5.82 Å². The zero-order valence-corrected chi connectivity index (χ0v) is 9.76. The predicted octanol–water partition coefficient (Wildman–Crippen LogP) is 2.92. The average molecular weight is 256 g/mol. The van der Waals surface area contributed by atoms with Crippen molar-refractivity contribution in [2.45, 2.75) is 0 Å². The lowest BCUT2D eigenvalue weighted by molar-refractivity contribution is 0.0729. The molecule has 2 aromatic carbocycles. The van der Waals surface area contributed by atoms with Crippen LogP contribution >= 0.6 is 0 Å². The first-order chi connectivity index (χ1) is 9.25. The van der Waals surface area contributed by atoms with Gasteiger partial charge in [0.25, 0.3) is 0 Å². The van der Waals surface area contributed by atoms with E-state index in [2.05, 4.69) is 10.2 Å². The summed E-state index contributed by atoms with van der Waals surface area (Å²) >= 11 is 0. The Hall–Kier alpha value is -2.69. The lowest BCUT2D eigenvalue weighted by Crippen LogP contribution is -2.10. The number of hydrogen-bond donors (Lipinski definition) is 1. The van der Waals surface area contributed by atoms with Gasteiger partial charge in [-0.1, -0.05) is 24.3 Å². The molecule has 94 valence electrons. The summed E-state index contributed by atoms with van der Waals surface area (Å²) in [5.41, 5.74) is 0.891. The second-order valence-electron chi connectivity index (χ2n) is 3.96. The molecule has 19 heavy (non-hydrogen) atoms. The zero-order valence-electron chi connectivity index (χ0n) is 9.76. The van der Waals surface area contributed by atoms with Crippen molar-refractivity contribution < 1.29 is 13.9 Å². The molecule has 0 saturated heterocycles. The summed E-state index contributed by atoms with van der Waals surface area (Å²) in [5.74, 6) is -1.29. The van der Waals surface area contributed by atoms with Gasteiger partial charge in [-0.15, -0.1) is 0 Å². The third-order valence-electron chi connectivity index (χ3n) is 2.74. The van der Waals surface area contributed by atoms with E-state index >= 15 is 0 Å². The minimum absolute atomic E-state index is 0.0935. The number of carbonyl (C=O) groups excluding carboxylic acids is 1. The third-order valence-corrected chi connectivity index (χ3v) is 2.74. The van der Waals surface area contributed by atoms with Gasteiger partial charge in [-0.25, -0.2) is 9.18 Å². The SMILES string of the molecule is O=C(Oc1ccccc1F)c1cccc2cn[nH]c12. The van der Waals surface area contributed by atoms with Crippen molar-refractivity contribution in [3.63, 3.8) is 0 Å². The van der Waals surface area contributed by atoms with E-state index in [9.17, 15) is 9.18 Å². The molecule has 3 aromatic rings. The summed E-state index contributed by atoms with van der Waals surface area (Å²) in [4.78, 5) is 12.0. The molecule has 1 N–H and O–H groups in total. The van der Waals surface area contributed by atoms with E-state index < -0.39 is 11.8 Å². The summed E-state index contributed by atoms with van der Waals surface area (Å²) in [7, 11) is 0. The topological polar surface area (TPSA) is 55.0 Å². The van der Waals surface area contributed by atoms with E-state index in [1.54, 1.807) is 24.4 Å². The van der Waals surface area contributed by atoms with Gasteiger partial charge in [0.15, 0.2) is 11.6 Å². The van der Waals surface area contributed by atoms with Crippen molar-refractivity contribution in [2.75, 3.05) is 0 Å². The number of halogens is 1. The number of nitrogens with one attached hydrogen (secondary N) is 1. The second kappa shape index (κ2) is 4.53. The van der Waals surface area contributed by atoms with Crippen LogP contribution < -0.4 is 4.74 Å². The number of aromatic amines is 1. The van der Waals surface area contributed by atoms with E-state index in [1.165, 1.54) is 18.2 Å². The molecule has 0 bridgehead atoms. The molecule has 1 heterocycles. The van der Waals surface area contributed by atoms with Crippen molar-refractivity contribution in [1.29, 1.82) is 0 Å². The van der Waals surface area contributed by atoms with E-state index in [0.717, 1.165) is 5.39 Å². The quantitative estimate of drug-likeness (QED) is 0.566. The number of rotatable bonds is 2. The van der Waals surface area contributed by atoms with Gasteiger partial charge < -0.3 is 4.74 Å². The Morgan fingerprint density at radius 1 is 1.16 bits per heavy atom. The maximum atomic E-state index is 13.4. The van der Waals surface area contributed by atoms with Crippen LogP contribution in [-0.4, -0.2) is 16.2 Å². The minimum Gasteiger partial charge on any atom is -0.420 e. The molecule has 0 aliphatic carbocycles. The van der Waals surface area contributed by atoms with Crippen LogP contribution in [0.5, 0.6) is 5.75 Å². The summed E-state index contributed by atoms with van der Waals surface area (Å²) < 4.78 is 18.5. The first-order valence-corrected chi connectivity index (χ1v) is 5.64. The zero-order chi connectivity index (χ0) is 13.2. The van der Waals surface area contributed by atoms with Gasteiger partial charge in [0.2, 0.25) is 0 Å². The molecular formula is C14H9FN2O2. The molecule has 0 unspecified atom stereocenters. The van der Waals surface area contributed by atoms with Crippen LogP contribution in [0.15, 0.2) is 48.7 Å². The predicted molar refractivity (Wildman–Crippen MR) is 67.5 cm³/mol. The summed E-state index contributed by atoms with van der Waals surface area (Å²) in [6.45, 7) is 0. The molecule has 0 amide bonds. The van der Waals surface area contributed by atoms with Gasteiger partial charge >= 0.3 is 5.97 Å². The second-order valence-corrected chi connectivity index (χ2v) is 3.96. The van der Waals surface area contributed by atoms with Crippen LogP contribution in [0.3, 0.4) is 0 Å². The van der Waals surface area contributed by atoms with E-state index in [4.69, 9.17) is 4.74 Å². The first kappa shape index (κ1) is 11.4. The molecule has 0 fully saturated rings. The fourth-order valence-electron chi connectivity index (χ4n) is 1.82. The van der Waals surface area contributed by atoms with Crippen molar-refractivity contribution in [1.82, 2.24) is 10.2 Å². The third kappa shape index (κ3) is 2.06. The summed E-state index contributed by atoms with van der Waals surface area (Å²) in [5, 5.41) is 7.38. The molecule has 0 aliphatic rings. The van der Waals surface area contributed by atoms with E-state index in [0.29, 0.717) is 11.1 Å². The Morgan fingerprint density at radius 2 is 2.00 bits per heavy atom. The van der Waals surface area contributed by atoms with Gasteiger partial charge in [0.05, 0.1) is 17.3 Å². The van der Waals surface area contributed by atoms with Gasteiger partial charge in [-0.3, -0.25) is 5.10 Å². The molecule has 5 heteroatoms. The molecule has 0 saturated carbocycles. The molecule has 3 rings (SSSR count). The number of nitrogens with zero attached hydrogens (tertiary/aromatic N) is 1. The Balaban J connectivity index is 1.97. The van der Waals surface area contributed by atoms with Gasteiger partial charge in [-0.05, 0) is 18.2 Å². The Kier molecular flexibility index (Phi) is 2.72. The molecule has 1 aromatic heterocycles. The maximum absolute atomic E-state index is 13.4. The number of hydrogen-bond acceptors (Lipinski definition) is 3. The number of H-pyrrole nitrogens is 1. The van der Waals surface area contributed by atoms with Crippen LogP contribution in [0.2, 0.25) is 0 Å². The number of ether oxygens (including phenoxy) is 1.